The fourth-order valence-electron chi connectivity index (χ4n) is 1.98. The maximum atomic E-state index is 12.0. The molecule has 1 rings (SSSR count). The minimum absolute atomic E-state index is 0.0989. The largest absolute Gasteiger partial charge is 0.465 e. The molecule has 0 bridgehead atoms. The lowest BCUT2D eigenvalue weighted by atomic mass is 10.0. The van der Waals surface area contributed by atoms with Crippen LogP contribution in [0.2, 0.25) is 0 Å². The Hall–Kier alpha value is -2.77. The van der Waals surface area contributed by atoms with Crippen LogP contribution in [0.1, 0.15) is 37.6 Å². The first-order valence-electron chi connectivity index (χ1n) is 7.16. The molecular weight excluding hydrogens is 302 g/mol. The number of esters is 1. The first-order valence-corrected chi connectivity index (χ1v) is 7.16. The zero-order valence-corrected chi connectivity index (χ0v) is 13.2. The molecule has 1 amide bonds. The van der Waals surface area contributed by atoms with Crippen LogP contribution in [-0.4, -0.2) is 29.1 Å². The van der Waals surface area contributed by atoms with E-state index in [1.807, 2.05) is 0 Å². The highest BCUT2D eigenvalue weighted by Gasteiger charge is 2.22. The molecule has 1 N–H and O–H groups in total. The van der Waals surface area contributed by atoms with Gasteiger partial charge in [-0.2, -0.15) is 5.10 Å². The molecular formula is C15H19N3O5. The van der Waals surface area contributed by atoms with Gasteiger partial charge in [0.25, 0.3) is 11.6 Å². The minimum Gasteiger partial charge on any atom is -0.465 e. The summed E-state index contributed by atoms with van der Waals surface area (Å²) in [6.07, 6.45) is 0.468. The van der Waals surface area contributed by atoms with Gasteiger partial charge in [0.2, 0.25) is 0 Å². The zero-order chi connectivity index (χ0) is 17.4. The summed E-state index contributed by atoms with van der Waals surface area (Å²) in [4.78, 5) is 34.1. The van der Waals surface area contributed by atoms with Crippen molar-refractivity contribution in [3.8, 4) is 0 Å². The first-order chi connectivity index (χ1) is 10.9. The highest BCUT2D eigenvalue weighted by Crippen LogP contribution is 2.17. The van der Waals surface area contributed by atoms with Crippen LogP contribution < -0.4 is 5.43 Å². The number of hydrazone groups is 1. The predicted octanol–water partition coefficient (Wildman–Crippen LogP) is 2.29. The lowest BCUT2D eigenvalue weighted by Crippen LogP contribution is -2.27. The molecule has 1 atom stereocenters. The summed E-state index contributed by atoms with van der Waals surface area (Å²) in [5.41, 5.74) is 2.21. The molecule has 0 heterocycles. The molecule has 8 nitrogen and oxygen atoms in total. The number of benzene rings is 1. The second-order valence-corrected chi connectivity index (χ2v) is 4.68. The van der Waals surface area contributed by atoms with Gasteiger partial charge in [-0.25, -0.2) is 5.43 Å². The number of amides is 1. The second-order valence-electron chi connectivity index (χ2n) is 4.68. The number of carbonyl (C=O) groups excluding carboxylic acids is 2. The number of nitro groups is 1. The van der Waals surface area contributed by atoms with Gasteiger partial charge in [0, 0.05) is 11.8 Å². The molecule has 0 radical (unpaired) electrons. The SMILES string of the molecule is CCOC(=O)[C@@H](CC)/C(C)=N\NC(=O)c1ccccc1[N+](=O)[O-]. The van der Waals surface area contributed by atoms with E-state index in [1.54, 1.807) is 20.8 Å². The van der Waals surface area contributed by atoms with E-state index in [2.05, 4.69) is 10.5 Å². The highest BCUT2D eigenvalue weighted by molar-refractivity contribution is 6.02. The van der Waals surface area contributed by atoms with E-state index in [9.17, 15) is 19.7 Å². The average Bonchev–Trinajstić information content (AvgIpc) is 2.53. The Labute approximate surface area is 133 Å². The van der Waals surface area contributed by atoms with Crippen LogP contribution in [0, 0.1) is 16.0 Å². The molecule has 0 aromatic heterocycles. The molecule has 0 aliphatic carbocycles. The molecule has 0 fully saturated rings. The maximum absolute atomic E-state index is 12.0. The monoisotopic (exact) mass is 321 g/mol. The van der Waals surface area contributed by atoms with Crippen LogP contribution in [0.5, 0.6) is 0 Å². The molecule has 23 heavy (non-hydrogen) atoms. The Kier molecular flexibility index (Phi) is 6.85. The molecule has 0 unspecified atom stereocenters. The zero-order valence-electron chi connectivity index (χ0n) is 13.2. The van der Waals surface area contributed by atoms with E-state index >= 15 is 0 Å². The lowest BCUT2D eigenvalue weighted by Gasteiger charge is -2.13. The van der Waals surface area contributed by atoms with Gasteiger partial charge in [-0.05, 0) is 26.3 Å². The fraction of sp³-hybridized carbons (Fsp3) is 0.400. The second kappa shape index (κ2) is 8.62. The summed E-state index contributed by atoms with van der Waals surface area (Å²) in [6, 6.07) is 5.56. The number of rotatable bonds is 7. The van der Waals surface area contributed by atoms with Crippen LogP contribution in [-0.2, 0) is 9.53 Å². The van der Waals surface area contributed by atoms with Gasteiger partial charge in [0.05, 0.1) is 17.4 Å². The maximum Gasteiger partial charge on any atom is 0.314 e. The van der Waals surface area contributed by atoms with Gasteiger partial charge in [-0.1, -0.05) is 19.1 Å². The Morgan fingerprint density at radius 2 is 2.00 bits per heavy atom. The van der Waals surface area contributed by atoms with Crippen molar-refractivity contribution in [3.63, 3.8) is 0 Å². The van der Waals surface area contributed by atoms with E-state index < -0.39 is 22.7 Å². The highest BCUT2D eigenvalue weighted by atomic mass is 16.6. The number of nitro benzene ring substituents is 1. The first kappa shape index (κ1) is 18.3. The van der Waals surface area contributed by atoms with Crippen molar-refractivity contribution in [2.24, 2.45) is 11.0 Å². The molecule has 1 aromatic rings. The van der Waals surface area contributed by atoms with Crippen LogP contribution in [0.4, 0.5) is 5.69 Å². The molecule has 124 valence electrons. The molecule has 0 spiro atoms. The van der Waals surface area contributed by atoms with Crippen molar-refractivity contribution < 1.29 is 19.2 Å². The standard InChI is InChI=1S/C15H19N3O5/c1-4-11(15(20)23-5-2)10(3)16-17-14(19)12-8-6-7-9-13(12)18(21)22/h6-9,11H,4-5H2,1-3H3,(H,17,19)/b16-10-/t11-/m0/s1. The van der Waals surface area contributed by atoms with Gasteiger partial charge in [-0.3, -0.25) is 19.7 Å². The quantitative estimate of drug-likeness (QED) is 0.358. The topological polar surface area (TPSA) is 111 Å². The number of hydrogen-bond donors (Lipinski definition) is 1. The van der Waals surface area contributed by atoms with E-state index in [4.69, 9.17) is 4.74 Å². The normalized spacial score (nSPS) is 12.4. The van der Waals surface area contributed by atoms with Gasteiger partial charge >= 0.3 is 5.97 Å². The van der Waals surface area contributed by atoms with Crippen LogP contribution in [0.3, 0.4) is 0 Å². The van der Waals surface area contributed by atoms with Crippen molar-refractivity contribution >= 4 is 23.3 Å². The smallest absolute Gasteiger partial charge is 0.314 e. The molecule has 8 heteroatoms. The van der Waals surface area contributed by atoms with Gasteiger partial charge in [0.15, 0.2) is 0 Å². The predicted molar refractivity (Wildman–Crippen MR) is 84.1 cm³/mol. The third kappa shape index (κ3) is 4.87. The number of carbonyl (C=O) groups is 2. The van der Waals surface area contributed by atoms with Crippen LogP contribution >= 0.6 is 0 Å². The van der Waals surface area contributed by atoms with Crippen molar-refractivity contribution in [2.75, 3.05) is 6.61 Å². The number of para-hydroxylation sites is 1. The summed E-state index contributed by atoms with van der Waals surface area (Å²) in [7, 11) is 0. The fourth-order valence-corrected chi connectivity index (χ4v) is 1.98. The third-order valence-corrected chi connectivity index (χ3v) is 3.16. The van der Waals surface area contributed by atoms with Crippen molar-refractivity contribution in [1.29, 1.82) is 0 Å². The lowest BCUT2D eigenvalue weighted by molar-refractivity contribution is -0.385. The number of nitrogens with zero attached hydrogens (tertiary/aromatic N) is 2. The number of nitrogens with one attached hydrogen (secondary N) is 1. The van der Waals surface area contributed by atoms with Crippen molar-refractivity contribution in [1.82, 2.24) is 5.43 Å². The Morgan fingerprint density at radius 1 is 1.35 bits per heavy atom. The molecule has 0 saturated heterocycles. The van der Waals surface area contributed by atoms with E-state index in [-0.39, 0.29) is 17.9 Å². The summed E-state index contributed by atoms with van der Waals surface area (Å²) >= 11 is 0. The summed E-state index contributed by atoms with van der Waals surface area (Å²) in [5, 5.41) is 14.8. The van der Waals surface area contributed by atoms with Gasteiger partial charge in [0.1, 0.15) is 5.56 Å². The van der Waals surface area contributed by atoms with Crippen molar-refractivity contribution in [3.05, 3.63) is 39.9 Å². The van der Waals surface area contributed by atoms with E-state index in [0.717, 1.165) is 0 Å². The van der Waals surface area contributed by atoms with Gasteiger partial charge in [-0.15, -0.1) is 0 Å². The Morgan fingerprint density at radius 3 is 2.57 bits per heavy atom. The van der Waals surface area contributed by atoms with Gasteiger partial charge < -0.3 is 4.74 Å². The summed E-state index contributed by atoms with van der Waals surface area (Å²) in [5.74, 6) is -1.70. The summed E-state index contributed by atoms with van der Waals surface area (Å²) < 4.78 is 4.94. The van der Waals surface area contributed by atoms with Crippen LogP contribution in [0.25, 0.3) is 0 Å². The third-order valence-electron chi connectivity index (χ3n) is 3.16. The summed E-state index contributed by atoms with van der Waals surface area (Å²) in [6.45, 7) is 5.34. The molecule has 0 aliphatic heterocycles. The average molecular weight is 321 g/mol. The number of hydrogen-bond acceptors (Lipinski definition) is 6. The Balaban J connectivity index is 2.89. The molecule has 0 saturated carbocycles. The van der Waals surface area contributed by atoms with Crippen molar-refractivity contribution in [2.45, 2.75) is 27.2 Å². The van der Waals surface area contributed by atoms with E-state index in [1.165, 1.54) is 24.3 Å². The Bertz CT molecular complexity index is 627. The van der Waals surface area contributed by atoms with Crippen LogP contribution in [0.15, 0.2) is 29.4 Å². The molecule has 1 aromatic carbocycles. The molecule has 0 aliphatic rings. The number of ether oxygens (including phenoxy) is 1. The minimum atomic E-state index is -0.713. The van der Waals surface area contributed by atoms with E-state index in [0.29, 0.717) is 12.1 Å².